The number of hydrogen-bond donors (Lipinski definition) is 0. The Labute approximate surface area is 137 Å². The van der Waals surface area contributed by atoms with Gasteiger partial charge in [0.1, 0.15) is 11.2 Å². The van der Waals surface area contributed by atoms with Crippen LogP contribution in [0.4, 0.5) is 0 Å². The molecule has 0 bridgehead atoms. The standard InChI is InChI=1S/C17H15N5S/c1-10-2-3-13-12(8-10)14-16-20-15(11-4-6-18-7-5-11)21-22(16)9-19-17(14)23-13/h4-7,9-10H,2-3,8H2,1H3/t10-/m1/s1. The van der Waals surface area contributed by atoms with Crippen LogP contribution in [0.25, 0.3) is 27.3 Å². The molecule has 6 heteroatoms. The van der Waals surface area contributed by atoms with Gasteiger partial charge in [-0.3, -0.25) is 4.98 Å². The van der Waals surface area contributed by atoms with Gasteiger partial charge in [-0.1, -0.05) is 6.92 Å². The summed E-state index contributed by atoms with van der Waals surface area (Å²) in [5.74, 6) is 1.45. The van der Waals surface area contributed by atoms with Crippen molar-refractivity contribution in [3.63, 3.8) is 0 Å². The van der Waals surface area contributed by atoms with Gasteiger partial charge in [0.25, 0.3) is 0 Å². The molecule has 0 spiro atoms. The van der Waals surface area contributed by atoms with Crippen LogP contribution < -0.4 is 0 Å². The van der Waals surface area contributed by atoms with Gasteiger partial charge in [-0.2, -0.15) is 0 Å². The molecule has 4 aromatic heterocycles. The smallest absolute Gasteiger partial charge is 0.182 e. The molecule has 0 fully saturated rings. The minimum absolute atomic E-state index is 0.725. The van der Waals surface area contributed by atoms with Crippen LogP contribution in [0.3, 0.4) is 0 Å². The molecule has 0 radical (unpaired) electrons. The van der Waals surface area contributed by atoms with Gasteiger partial charge < -0.3 is 0 Å². The second-order valence-electron chi connectivity index (χ2n) is 6.22. The summed E-state index contributed by atoms with van der Waals surface area (Å²) in [5, 5.41) is 5.80. The van der Waals surface area contributed by atoms with Crippen LogP contribution in [0, 0.1) is 5.92 Å². The first-order valence-corrected chi connectivity index (χ1v) is 8.67. The predicted octanol–water partition coefficient (Wildman–Crippen LogP) is 3.53. The number of nitrogens with zero attached hydrogens (tertiary/aromatic N) is 5. The lowest BCUT2D eigenvalue weighted by Gasteiger charge is -2.17. The Morgan fingerprint density at radius 1 is 1.26 bits per heavy atom. The van der Waals surface area contributed by atoms with E-state index in [1.165, 1.54) is 22.2 Å². The van der Waals surface area contributed by atoms with E-state index < -0.39 is 0 Å². The van der Waals surface area contributed by atoms with E-state index in [0.29, 0.717) is 0 Å². The number of rotatable bonds is 1. The lowest BCUT2D eigenvalue weighted by Crippen LogP contribution is -2.09. The van der Waals surface area contributed by atoms with Crippen molar-refractivity contribution < 1.29 is 0 Å². The zero-order valence-electron chi connectivity index (χ0n) is 12.7. The van der Waals surface area contributed by atoms with Crippen molar-refractivity contribution in [2.75, 3.05) is 0 Å². The largest absolute Gasteiger partial charge is 0.265 e. The summed E-state index contributed by atoms with van der Waals surface area (Å²) >= 11 is 1.82. The Kier molecular flexibility index (Phi) is 2.76. The summed E-state index contributed by atoms with van der Waals surface area (Å²) in [4.78, 5) is 16.0. The maximum atomic E-state index is 4.81. The van der Waals surface area contributed by atoms with Crippen molar-refractivity contribution in [2.45, 2.75) is 26.2 Å². The average Bonchev–Trinajstić information content (AvgIpc) is 3.16. The van der Waals surface area contributed by atoms with Crippen LogP contribution >= 0.6 is 11.3 Å². The fraction of sp³-hybridized carbons (Fsp3) is 0.294. The second-order valence-corrected chi connectivity index (χ2v) is 7.30. The Bertz CT molecular complexity index is 1020. The van der Waals surface area contributed by atoms with Crippen molar-refractivity contribution in [2.24, 2.45) is 5.92 Å². The molecule has 23 heavy (non-hydrogen) atoms. The van der Waals surface area contributed by atoms with Gasteiger partial charge in [-0.05, 0) is 42.9 Å². The van der Waals surface area contributed by atoms with Crippen molar-refractivity contribution in [3.8, 4) is 11.4 Å². The highest BCUT2D eigenvalue weighted by Gasteiger charge is 2.23. The van der Waals surface area contributed by atoms with Gasteiger partial charge in [-0.15, -0.1) is 16.4 Å². The molecule has 0 amide bonds. The molecule has 0 saturated carbocycles. The van der Waals surface area contributed by atoms with Gasteiger partial charge in [0.15, 0.2) is 11.5 Å². The van der Waals surface area contributed by atoms with Crippen LogP contribution in [0.2, 0.25) is 0 Å². The minimum Gasteiger partial charge on any atom is -0.265 e. The molecule has 0 saturated heterocycles. The second kappa shape index (κ2) is 4.83. The molecule has 4 aromatic rings. The maximum Gasteiger partial charge on any atom is 0.182 e. The Morgan fingerprint density at radius 2 is 2.13 bits per heavy atom. The number of pyridine rings is 1. The minimum atomic E-state index is 0.725. The van der Waals surface area contributed by atoms with E-state index in [9.17, 15) is 0 Å². The van der Waals surface area contributed by atoms with Crippen LogP contribution in [0.1, 0.15) is 23.8 Å². The molecule has 114 valence electrons. The molecular formula is C17H15N5S. The zero-order chi connectivity index (χ0) is 15.4. The first-order valence-electron chi connectivity index (χ1n) is 7.85. The van der Waals surface area contributed by atoms with Gasteiger partial charge >= 0.3 is 0 Å². The number of aromatic nitrogens is 5. The van der Waals surface area contributed by atoms with Crippen LogP contribution in [0.15, 0.2) is 30.9 Å². The van der Waals surface area contributed by atoms with E-state index in [0.717, 1.165) is 40.6 Å². The number of thiophene rings is 1. The maximum absolute atomic E-state index is 4.81. The van der Waals surface area contributed by atoms with E-state index in [-0.39, 0.29) is 0 Å². The molecule has 0 aliphatic heterocycles. The van der Waals surface area contributed by atoms with E-state index >= 15 is 0 Å². The van der Waals surface area contributed by atoms with E-state index in [1.807, 2.05) is 28.0 Å². The molecule has 0 aromatic carbocycles. The van der Waals surface area contributed by atoms with Crippen LogP contribution in [-0.2, 0) is 12.8 Å². The van der Waals surface area contributed by atoms with Gasteiger partial charge in [0, 0.05) is 22.8 Å². The molecule has 0 N–H and O–H groups in total. The molecule has 5 nitrogen and oxygen atoms in total. The Balaban J connectivity index is 1.79. The van der Waals surface area contributed by atoms with E-state index in [2.05, 4.69) is 22.0 Å². The van der Waals surface area contributed by atoms with E-state index in [1.54, 1.807) is 18.7 Å². The average molecular weight is 321 g/mol. The van der Waals surface area contributed by atoms with Crippen molar-refractivity contribution in [1.29, 1.82) is 0 Å². The molecular weight excluding hydrogens is 306 g/mol. The van der Waals surface area contributed by atoms with Gasteiger partial charge in [0.05, 0.1) is 5.39 Å². The lowest BCUT2D eigenvalue weighted by atomic mass is 9.89. The zero-order valence-corrected chi connectivity index (χ0v) is 13.5. The summed E-state index contributed by atoms with van der Waals surface area (Å²) in [5.41, 5.74) is 3.35. The summed E-state index contributed by atoms with van der Waals surface area (Å²) in [6.07, 6.45) is 8.86. The summed E-state index contributed by atoms with van der Waals surface area (Å²) in [6.45, 7) is 2.33. The quantitative estimate of drug-likeness (QED) is 0.538. The van der Waals surface area contributed by atoms with Crippen molar-refractivity contribution in [1.82, 2.24) is 24.6 Å². The highest BCUT2D eigenvalue weighted by molar-refractivity contribution is 7.19. The summed E-state index contributed by atoms with van der Waals surface area (Å²) in [6, 6.07) is 3.87. The third-order valence-corrected chi connectivity index (χ3v) is 5.77. The van der Waals surface area contributed by atoms with Crippen molar-refractivity contribution >= 4 is 27.2 Å². The highest BCUT2D eigenvalue weighted by Crippen LogP contribution is 2.38. The molecule has 0 unspecified atom stereocenters. The number of fused-ring (bicyclic) bond motifs is 5. The first kappa shape index (κ1) is 13.1. The monoisotopic (exact) mass is 321 g/mol. The lowest BCUT2D eigenvalue weighted by molar-refractivity contribution is 0.508. The number of aryl methyl sites for hydroxylation is 1. The summed E-state index contributed by atoms with van der Waals surface area (Å²) < 4.78 is 1.81. The van der Waals surface area contributed by atoms with Gasteiger partial charge in [-0.25, -0.2) is 14.5 Å². The molecule has 5 rings (SSSR count). The SMILES string of the molecule is C[C@@H]1CCc2sc3ncn4nc(-c5ccncc5)nc4c3c2C1. The predicted molar refractivity (Wildman–Crippen MR) is 90.6 cm³/mol. The molecule has 1 aliphatic carbocycles. The van der Waals surface area contributed by atoms with Crippen molar-refractivity contribution in [3.05, 3.63) is 41.3 Å². The third-order valence-electron chi connectivity index (χ3n) is 4.57. The fourth-order valence-corrected chi connectivity index (χ4v) is 4.55. The molecule has 4 heterocycles. The van der Waals surface area contributed by atoms with Crippen LogP contribution in [-0.4, -0.2) is 24.6 Å². The normalized spacial score (nSPS) is 17.7. The Morgan fingerprint density at radius 3 is 3.00 bits per heavy atom. The third kappa shape index (κ3) is 1.98. The number of hydrogen-bond acceptors (Lipinski definition) is 5. The van der Waals surface area contributed by atoms with Gasteiger partial charge in [0.2, 0.25) is 0 Å². The highest BCUT2D eigenvalue weighted by atomic mass is 32.1. The van der Waals surface area contributed by atoms with E-state index in [4.69, 9.17) is 4.98 Å². The molecule has 1 aliphatic rings. The summed E-state index contributed by atoms with van der Waals surface area (Å²) in [7, 11) is 0. The topological polar surface area (TPSA) is 56.0 Å². The Hall–Kier alpha value is -2.34. The fourth-order valence-electron chi connectivity index (χ4n) is 3.37. The molecule has 1 atom stereocenters. The van der Waals surface area contributed by atoms with Crippen LogP contribution in [0.5, 0.6) is 0 Å². The first-order chi connectivity index (χ1) is 11.3.